The number of amides is 3. The number of rotatable bonds is 21. The Hall–Kier alpha value is -4.02. The SMILES string of the molecule is C/C(=N/NC(=O)C(C)CC1O[C@H]2O[C@@H](C)CCC3C2C(CC[C@@H]3C)[C@H]1C)c1ccc(C(=O)NCCOCCOCC(=O)CC(C(=O)N[C@H](C)Cc2cnc[nH]2)[C@@H](C)O)cc1. The summed E-state index contributed by atoms with van der Waals surface area (Å²) in [5, 5.41) is 20.2. The van der Waals surface area contributed by atoms with Crippen molar-refractivity contribution >= 4 is 29.2 Å². The Bertz CT molecular complexity index is 1720. The van der Waals surface area contributed by atoms with Crippen molar-refractivity contribution in [2.75, 3.05) is 33.0 Å². The van der Waals surface area contributed by atoms with E-state index in [1.54, 1.807) is 36.8 Å². The van der Waals surface area contributed by atoms with Gasteiger partial charge in [0, 0.05) is 54.7 Å². The zero-order valence-corrected chi connectivity index (χ0v) is 36.5. The number of Topliss-reactive ketones (excluding diaryl/α,β-unsaturated/α-hetero) is 1. The Morgan fingerprint density at radius 3 is 2.37 bits per heavy atom. The number of imidazole rings is 1. The minimum Gasteiger partial charge on any atom is -0.393 e. The number of carbonyl (C=O) groups excluding carboxylic acids is 4. The highest BCUT2D eigenvalue weighted by Gasteiger charge is 2.52. The number of hydrogen-bond donors (Lipinski definition) is 5. The third-order valence-electron chi connectivity index (χ3n) is 12.8. The first kappa shape index (κ1) is 47.0. The Balaban J connectivity index is 0.953. The van der Waals surface area contributed by atoms with Gasteiger partial charge in [-0.25, -0.2) is 10.4 Å². The minimum atomic E-state index is -1.01. The summed E-state index contributed by atoms with van der Waals surface area (Å²) < 4.78 is 24.1. The maximum Gasteiger partial charge on any atom is 0.251 e. The predicted octanol–water partition coefficient (Wildman–Crippen LogP) is 4.58. The van der Waals surface area contributed by atoms with Gasteiger partial charge in [0.15, 0.2) is 12.1 Å². The molecule has 2 aliphatic heterocycles. The number of H-pyrrole nitrogens is 1. The van der Waals surface area contributed by atoms with Crippen LogP contribution in [-0.4, -0.2) is 108 Å². The lowest BCUT2D eigenvalue weighted by Gasteiger charge is -2.52. The van der Waals surface area contributed by atoms with Crippen molar-refractivity contribution in [3.05, 3.63) is 53.6 Å². The topological polar surface area (TPSA) is 203 Å². The van der Waals surface area contributed by atoms with Gasteiger partial charge in [-0.1, -0.05) is 39.3 Å². The van der Waals surface area contributed by atoms with Crippen molar-refractivity contribution in [3.8, 4) is 0 Å². The molecule has 0 spiro atoms. The molecule has 0 bridgehead atoms. The number of aromatic amines is 1. The van der Waals surface area contributed by atoms with Crippen LogP contribution in [0.5, 0.6) is 0 Å². The van der Waals surface area contributed by atoms with Crippen LogP contribution in [0.4, 0.5) is 0 Å². The van der Waals surface area contributed by atoms with Crippen molar-refractivity contribution in [3.63, 3.8) is 0 Å². The lowest BCUT2D eigenvalue weighted by atomic mass is 9.60. The van der Waals surface area contributed by atoms with E-state index in [4.69, 9.17) is 18.9 Å². The number of nitrogens with one attached hydrogen (secondary N) is 4. The van der Waals surface area contributed by atoms with Crippen molar-refractivity contribution < 1.29 is 43.2 Å². The Morgan fingerprint density at radius 2 is 1.65 bits per heavy atom. The molecule has 1 aromatic heterocycles. The number of nitrogens with zero attached hydrogens (tertiary/aromatic N) is 2. The zero-order valence-electron chi connectivity index (χ0n) is 36.5. The highest BCUT2D eigenvalue weighted by atomic mass is 16.7. The lowest BCUT2D eigenvalue weighted by molar-refractivity contribution is -0.279. The summed E-state index contributed by atoms with van der Waals surface area (Å²) in [4.78, 5) is 58.1. The fraction of sp³-hybridized carbons (Fsp3) is 0.689. The summed E-state index contributed by atoms with van der Waals surface area (Å²) in [7, 11) is 0. The van der Waals surface area contributed by atoms with Gasteiger partial charge in [0.05, 0.1) is 56.1 Å². The zero-order chi connectivity index (χ0) is 43.3. The number of ketones is 1. The molecule has 3 fully saturated rings. The number of aromatic nitrogens is 2. The quantitative estimate of drug-likeness (QED) is 0.0673. The van der Waals surface area contributed by atoms with E-state index in [-0.39, 0.29) is 87.4 Å². The summed E-state index contributed by atoms with van der Waals surface area (Å²) in [5.41, 5.74) is 5.48. The average Bonchev–Trinajstić information content (AvgIpc) is 3.67. The minimum absolute atomic E-state index is 0.0546. The molecule has 5 rings (SSSR count). The summed E-state index contributed by atoms with van der Waals surface area (Å²) in [6.07, 6.45) is 7.84. The first-order chi connectivity index (χ1) is 28.7. The van der Waals surface area contributed by atoms with Crippen molar-refractivity contribution in [2.24, 2.45) is 46.5 Å². The second kappa shape index (κ2) is 22.7. The second-order valence-electron chi connectivity index (χ2n) is 17.5. The molecule has 60 heavy (non-hydrogen) atoms. The van der Waals surface area contributed by atoms with E-state index in [0.717, 1.165) is 17.7 Å². The van der Waals surface area contributed by atoms with E-state index in [9.17, 15) is 24.3 Å². The standard InChI is InChI=1S/C45H68N6O9/c1-26-8-14-38-30(5)40(60-45-41(38)37(26)15-9-29(4)59-45)20-27(2)42(54)51-50-31(6)33-10-12-34(13-11-33)43(55)47-16-17-57-18-19-58-24-36(53)22-39(32(7)52)44(56)49-28(3)21-35-23-46-25-48-35/h10-13,23,25-30,32,37-41,45,52H,8-9,14-22,24H2,1-7H3,(H,46,48)(H,47,55)(H,49,56)(H,51,54)/b50-31-/t26-,27?,28+,29-,30+,32+,37?,38?,39?,40?,41?,45+/m0/s1. The molecule has 6 unspecified atom stereocenters. The molecule has 1 aliphatic carbocycles. The summed E-state index contributed by atoms with van der Waals surface area (Å²) in [6.45, 7) is 14.5. The molecule has 2 aromatic rings. The average molecular weight is 837 g/mol. The van der Waals surface area contributed by atoms with Gasteiger partial charge in [0.1, 0.15) is 6.61 Å². The molecule has 12 atom stereocenters. The van der Waals surface area contributed by atoms with Crippen LogP contribution in [0.15, 0.2) is 41.9 Å². The molecule has 5 N–H and O–H groups in total. The van der Waals surface area contributed by atoms with Crippen molar-refractivity contribution in [1.29, 1.82) is 0 Å². The normalized spacial score (nSPS) is 27.4. The molecule has 1 saturated carbocycles. The smallest absolute Gasteiger partial charge is 0.251 e. The summed E-state index contributed by atoms with van der Waals surface area (Å²) in [5.74, 6) is 0.332. The molecule has 15 nitrogen and oxygen atoms in total. The maximum atomic E-state index is 13.2. The molecule has 1 aromatic carbocycles. The van der Waals surface area contributed by atoms with Gasteiger partial charge in [-0.15, -0.1) is 0 Å². The van der Waals surface area contributed by atoms with E-state index in [2.05, 4.69) is 51.9 Å². The van der Waals surface area contributed by atoms with E-state index in [1.165, 1.54) is 26.2 Å². The monoisotopic (exact) mass is 837 g/mol. The first-order valence-electron chi connectivity index (χ1n) is 21.9. The van der Waals surface area contributed by atoms with E-state index < -0.39 is 17.9 Å². The van der Waals surface area contributed by atoms with E-state index in [1.807, 2.05) is 20.8 Å². The number of aliphatic hydroxyl groups excluding tert-OH is 1. The maximum absolute atomic E-state index is 13.2. The van der Waals surface area contributed by atoms with Crippen LogP contribution in [0.25, 0.3) is 0 Å². The lowest BCUT2D eigenvalue weighted by Crippen LogP contribution is -2.53. The Labute approximate surface area is 354 Å². The van der Waals surface area contributed by atoms with Crippen LogP contribution in [-0.2, 0) is 39.8 Å². The van der Waals surface area contributed by atoms with Crippen molar-refractivity contribution in [1.82, 2.24) is 26.0 Å². The number of hydrogen-bond acceptors (Lipinski definition) is 11. The summed E-state index contributed by atoms with van der Waals surface area (Å²) in [6, 6.07) is 6.77. The molecule has 332 valence electrons. The molecular formula is C45H68N6O9. The summed E-state index contributed by atoms with van der Waals surface area (Å²) >= 11 is 0. The molecule has 15 heteroatoms. The number of ether oxygens (including phenoxy) is 4. The fourth-order valence-corrected chi connectivity index (χ4v) is 9.12. The highest BCUT2D eigenvalue weighted by Crippen LogP contribution is 2.52. The Morgan fingerprint density at radius 1 is 0.933 bits per heavy atom. The number of hydrazone groups is 1. The van der Waals surface area contributed by atoms with E-state index in [0.29, 0.717) is 53.7 Å². The molecule has 0 radical (unpaired) electrons. The molecule has 3 aliphatic rings. The number of aliphatic hydroxyl groups is 1. The van der Waals surface area contributed by atoms with Gasteiger partial charge in [0.2, 0.25) is 11.8 Å². The van der Waals surface area contributed by atoms with Crippen LogP contribution < -0.4 is 16.1 Å². The van der Waals surface area contributed by atoms with Crippen LogP contribution in [0.1, 0.15) is 109 Å². The van der Waals surface area contributed by atoms with E-state index >= 15 is 0 Å². The molecular weight excluding hydrogens is 769 g/mol. The number of carbonyl (C=O) groups is 4. The highest BCUT2D eigenvalue weighted by molar-refractivity contribution is 6.01. The van der Waals surface area contributed by atoms with Gasteiger partial charge in [0.25, 0.3) is 5.91 Å². The Kier molecular flexibility index (Phi) is 17.8. The molecule has 2 saturated heterocycles. The molecule has 3 amide bonds. The predicted molar refractivity (Wildman–Crippen MR) is 226 cm³/mol. The van der Waals surface area contributed by atoms with Crippen LogP contribution >= 0.6 is 0 Å². The molecule has 3 heterocycles. The van der Waals surface area contributed by atoms with Gasteiger partial charge in [-0.05, 0) is 94.7 Å². The third-order valence-corrected chi connectivity index (χ3v) is 12.8. The van der Waals surface area contributed by atoms with Gasteiger partial charge in [-0.2, -0.15) is 5.10 Å². The van der Waals surface area contributed by atoms with Crippen LogP contribution in [0.2, 0.25) is 0 Å². The van der Waals surface area contributed by atoms with Gasteiger partial charge >= 0.3 is 0 Å². The third kappa shape index (κ3) is 13.2. The first-order valence-corrected chi connectivity index (χ1v) is 21.9. The van der Waals surface area contributed by atoms with Gasteiger partial charge < -0.3 is 39.7 Å². The van der Waals surface area contributed by atoms with Crippen LogP contribution in [0, 0.1) is 41.4 Å². The van der Waals surface area contributed by atoms with Crippen LogP contribution in [0.3, 0.4) is 0 Å². The second-order valence-corrected chi connectivity index (χ2v) is 17.5. The largest absolute Gasteiger partial charge is 0.393 e. The fourth-order valence-electron chi connectivity index (χ4n) is 9.12. The number of benzene rings is 1. The van der Waals surface area contributed by atoms with Crippen molar-refractivity contribution in [2.45, 2.75) is 124 Å². The van der Waals surface area contributed by atoms with Gasteiger partial charge in [-0.3, -0.25) is 19.2 Å².